The van der Waals surface area contributed by atoms with Crippen molar-refractivity contribution in [1.82, 2.24) is 5.32 Å². The van der Waals surface area contributed by atoms with Gasteiger partial charge in [-0.05, 0) is 26.2 Å². The van der Waals surface area contributed by atoms with Crippen molar-refractivity contribution in [1.29, 1.82) is 0 Å². The maximum atomic E-state index is 12.5. The van der Waals surface area contributed by atoms with Crippen LogP contribution in [0.15, 0.2) is 0 Å². The molecule has 0 aromatic carbocycles. The maximum Gasteiger partial charge on any atom is 0.227 e. The number of carbonyl (C=O) groups excluding carboxylic acids is 1. The number of nitrogens with two attached hydrogens (primary N) is 1. The summed E-state index contributed by atoms with van der Waals surface area (Å²) in [6.07, 6.45) is 4.73. The van der Waals surface area contributed by atoms with E-state index in [9.17, 15) is 4.79 Å². The number of rotatable bonds is 7. The normalized spacial score (nSPS) is 24.2. The summed E-state index contributed by atoms with van der Waals surface area (Å²) in [4.78, 5) is 12.5. The number of nitrogens with one attached hydrogen (secondary N) is 1. The van der Waals surface area contributed by atoms with Gasteiger partial charge < -0.3 is 15.8 Å². The summed E-state index contributed by atoms with van der Waals surface area (Å²) in [5.41, 5.74) is 5.51. The Morgan fingerprint density at radius 3 is 2.39 bits per heavy atom. The van der Waals surface area contributed by atoms with E-state index in [0.29, 0.717) is 6.54 Å². The van der Waals surface area contributed by atoms with Gasteiger partial charge in [0, 0.05) is 13.2 Å². The largest absolute Gasteiger partial charge is 0.376 e. The van der Waals surface area contributed by atoms with Gasteiger partial charge in [0.25, 0.3) is 0 Å². The first-order valence-electron chi connectivity index (χ1n) is 7.22. The lowest BCUT2D eigenvalue weighted by molar-refractivity contribution is -0.132. The van der Waals surface area contributed by atoms with E-state index in [2.05, 4.69) is 19.2 Å². The van der Waals surface area contributed by atoms with E-state index < -0.39 is 0 Å². The predicted octanol–water partition coefficient (Wildman–Crippen LogP) is 1.83. The van der Waals surface area contributed by atoms with E-state index in [1.807, 2.05) is 6.92 Å². The van der Waals surface area contributed by atoms with E-state index in [-0.39, 0.29) is 23.5 Å². The number of carbonyl (C=O) groups is 1. The number of hydrogen-bond acceptors (Lipinski definition) is 3. The molecule has 4 heteroatoms. The maximum absolute atomic E-state index is 12.5. The fraction of sp³-hybridized carbons (Fsp3) is 0.929. The van der Waals surface area contributed by atoms with Crippen molar-refractivity contribution in [3.63, 3.8) is 0 Å². The Balaban J connectivity index is 2.68. The van der Waals surface area contributed by atoms with Gasteiger partial charge in [-0.25, -0.2) is 0 Å². The van der Waals surface area contributed by atoms with E-state index in [0.717, 1.165) is 38.7 Å². The molecule has 2 unspecified atom stereocenters. The summed E-state index contributed by atoms with van der Waals surface area (Å²) in [6.45, 7) is 7.40. The molecule has 1 fully saturated rings. The monoisotopic (exact) mass is 256 g/mol. The Morgan fingerprint density at radius 2 is 2.00 bits per heavy atom. The lowest BCUT2D eigenvalue weighted by Gasteiger charge is -2.32. The number of ether oxygens (including phenoxy) is 1. The summed E-state index contributed by atoms with van der Waals surface area (Å²) in [5, 5.41) is 3.15. The summed E-state index contributed by atoms with van der Waals surface area (Å²) in [5.74, 6) is 0.121. The minimum absolute atomic E-state index is 0.118. The van der Waals surface area contributed by atoms with Gasteiger partial charge >= 0.3 is 0 Å². The van der Waals surface area contributed by atoms with Crippen molar-refractivity contribution in [2.45, 2.75) is 65.0 Å². The Bertz CT molecular complexity index is 263. The van der Waals surface area contributed by atoms with E-state index in [1.54, 1.807) is 0 Å². The molecule has 0 radical (unpaired) electrons. The molecule has 0 aromatic rings. The van der Waals surface area contributed by atoms with Crippen LogP contribution in [-0.4, -0.2) is 31.2 Å². The molecule has 1 rings (SSSR count). The molecule has 106 valence electrons. The fourth-order valence-electron chi connectivity index (χ4n) is 2.85. The van der Waals surface area contributed by atoms with Crippen LogP contribution < -0.4 is 11.1 Å². The molecule has 18 heavy (non-hydrogen) atoms. The molecule has 0 spiro atoms. The fourth-order valence-corrected chi connectivity index (χ4v) is 2.85. The second-order valence-electron chi connectivity index (χ2n) is 5.43. The van der Waals surface area contributed by atoms with Crippen LogP contribution in [0.2, 0.25) is 0 Å². The second-order valence-corrected chi connectivity index (χ2v) is 5.43. The first-order chi connectivity index (χ1) is 8.59. The van der Waals surface area contributed by atoms with E-state index in [1.165, 1.54) is 0 Å². The molecule has 0 aromatic heterocycles. The summed E-state index contributed by atoms with van der Waals surface area (Å²) >= 11 is 0. The van der Waals surface area contributed by atoms with Crippen molar-refractivity contribution in [3.8, 4) is 0 Å². The van der Waals surface area contributed by atoms with Gasteiger partial charge in [0.15, 0.2) is 0 Å². The smallest absolute Gasteiger partial charge is 0.227 e. The van der Waals surface area contributed by atoms with Crippen LogP contribution in [-0.2, 0) is 9.53 Å². The first-order valence-corrected chi connectivity index (χ1v) is 7.22. The zero-order valence-corrected chi connectivity index (χ0v) is 12.0. The standard InChI is InChI=1S/C14H28N2O2/c1-4-7-14(10-15,8-5-2)13(17)16-12-6-9-18-11(12)3/h11-12H,4-10,15H2,1-3H3,(H,16,17). The summed E-state index contributed by atoms with van der Waals surface area (Å²) < 4.78 is 5.49. The number of amides is 1. The Morgan fingerprint density at radius 1 is 1.39 bits per heavy atom. The highest BCUT2D eigenvalue weighted by Crippen LogP contribution is 2.30. The first kappa shape index (κ1) is 15.4. The Hall–Kier alpha value is -0.610. The molecule has 1 heterocycles. The SMILES string of the molecule is CCCC(CN)(CCC)C(=O)NC1CCOC1C. The highest BCUT2D eigenvalue weighted by molar-refractivity contribution is 5.83. The summed E-state index contributed by atoms with van der Waals surface area (Å²) in [7, 11) is 0. The van der Waals surface area contributed by atoms with Crippen molar-refractivity contribution in [3.05, 3.63) is 0 Å². The van der Waals surface area contributed by atoms with E-state index >= 15 is 0 Å². The molecule has 1 aliphatic rings. The van der Waals surface area contributed by atoms with Crippen LogP contribution >= 0.6 is 0 Å². The average molecular weight is 256 g/mol. The third kappa shape index (κ3) is 3.45. The lowest BCUT2D eigenvalue weighted by Crippen LogP contribution is -2.50. The van der Waals surface area contributed by atoms with Crippen molar-refractivity contribution in [2.24, 2.45) is 11.1 Å². The van der Waals surface area contributed by atoms with Crippen LogP contribution in [0, 0.1) is 5.41 Å². The Labute approximate surface area is 111 Å². The molecule has 0 saturated carbocycles. The third-order valence-corrected chi connectivity index (χ3v) is 4.02. The van der Waals surface area contributed by atoms with Gasteiger partial charge in [0.05, 0.1) is 17.6 Å². The van der Waals surface area contributed by atoms with Gasteiger partial charge in [-0.1, -0.05) is 26.7 Å². The van der Waals surface area contributed by atoms with Crippen molar-refractivity contribution in [2.75, 3.05) is 13.2 Å². The molecular formula is C14H28N2O2. The van der Waals surface area contributed by atoms with Gasteiger partial charge in [0.2, 0.25) is 5.91 Å². The van der Waals surface area contributed by atoms with Gasteiger partial charge in [-0.2, -0.15) is 0 Å². The second kappa shape index (κ2) is 7.10. The van der Waals surface area contributed by atoms with Crippen LogP contribution in [0.25, 0.3) is 0 Å². The Kier molecular flexibility index (Phi) is 6.09. The molecule has 0 aliphatic carbocycles. The molecular weight excluding hydrogens is 228 g/mol. The molecule has 0 bridgehead atoms. The average Bonchev–Trinajstić information content (AvgIpc) is 2.74. The van der Waals surface area contributed by atoms with Crippen LogP contribution in [0.1, 0.15) is 52.9 Å². The van der Waals surface area contributed by atoms with Gasteiger partial charge in [-0.3, -0.25) is 4.79 Å². The van der Waals surface area contributed by atoms with Crippen LogP contribution in [0.3, 0.4) is 0 Å². The van der Waals surface area contributed by atoms with Crippen molar-refractivity contribution >= 4 is 5.91 Å². The lowest BCUT2D eigenvalue weighted by atomic mass is 9.78. The molecule has 2 atom stereocenters. The zero-order chi connectivity index (χ0) is 13.6. The summed E-state index contributed by atoms with van der Waals surface area (Å²) in [6, 6.07) is 0.150. The van der Waals surface area contributed by atoms with Gasteiger partial charge in [0.1, 0.15) is 0 Å². The highest BCUT2D eigenvalue weighted by atomic mass is 16.5. The topological polar surface area (TPSA) is 64.4 Å². The third-order valence-electron chi connectivity index (χ3n) is 4.02. The van der Waals surface area contributed by atoms with E-state index in [4.69, 9.17) is 10.5 Å². The molecule has 1 amide bonds. The molecule has 1 aliphatic heterocycles. The van der Waals surface area contributed by atoms with Crippen molar-refractivity contribution < 1.29 is 9.53 Å². The molecule has 4 nitrogen and oxygen atoms in total. The minimum atomic E-state index is -0.383. The minimum Gasteiger partial charge on any atom is -0.376 e. The molecule has 1 saturated heterocycles. The predicted molar refractivity (Wildman–Crippen MR) is 73.3 cm³/mol. The molecule has 3 N–H and O–H groups in total. The zero-order valence-electron chi connectivity index (χ0n) is 12.0. The van der Waals surface area contributed by atoms with Crippen LogP contribution in [0.5, 0.6) is 0 Å². The highest BCUT2D eigenvalue weighted by Gasteiger charge is 2.37. The number of hydrogen-bond donors (Lipinski definition) is 2. The van der Waals surface area contributed by atoms with Gasteiger partial charge in [-0.15, -0.1) is 0 Å². The quantitative estimate of drug-likeness (QED) is 0.730. The van der Waals surface area contributed by atoms with Crippen LogP contribution in [0.4, 0.5) is 0 Å².